The van der Waals surface area contributed by atoms with Gasteiger partial charge in [0, 0.05) is 19.8 Å². The van der Waals surface area contributed by atoms with E-state index in [2.05, 4.69) is 5.32 Å². The number of nitrogens with zero attached hydrogens (tertiary/aromatic N) is 2. The van der Waals surface area contributed by atoms with Gasteiger partial charge in [0.1, 0.15) is 0 Å². The SMILES string of the molecule is Cn1c(=O)n(C)c2cc(NC(=O)[C@@H]3CC=CC[C@H]3C(=O)O)ccc21. The first-order valence-electron chi connectivity index (χ1n) is 7.74. The van der Waals surface area contributed by atoms with E-state index >= 15 is 0 Å². The molecule has 0 bridgehead atoms. The maximum atomic E-state index is 12.5. The molecule has 2 aromatic rings. The van der Waals surface area contributed by atoms with Crippen LogP contribution in [-0.2, 0) is 23.7 Å². The lowest BCUT2D eigenvalue weighted by atomic mass is 9.82. The molecule has 1 aliphatic carbocycles. The molecule has 2 atom stereocenters. The summed E-state index contributed by atoms with van der Waals surface area (Å²) in [5.74, 6) is -2.57. The van der Waals surface area contributed by atoms with E-state index in [-0.39, 0.29) is 11.6 Å². The van der Waals surface area contributed by atoms with Crippen LogP contribution in [0.1, 0.15) is 12.8 Å². The molecule has 1 amide bonds. The lowest BCUT2D eigenvalue weighted by Crippen LogP contribution is -2.34. The van der Waals surface area contributed by atoms with E-state index in [1.807, 2.05) is 6.08 Å². The minimum Gasteiger partial charge on any atom is -0.481 e. The highest BCUT2D eigenvalue weighted by Gasteiger charge is 2.33. The average molecular weight is 329 g/mol. The number of allylic oxidation sites excluding steroid dienone is 2. The molecule has 0 spiro atoms. The fraction of sp³-hybridized carbons (Fsp3) is 0.353. The largest absolute Gasteiger partial charge is 0.481 e. The summed E-state index contributed by atoms with van der Waals surface area (Å²) in [6.45, 7) is 0. The second-order valence-electron chi connectivity index (χ2n) is 6.09. The summed E-state index contributed by atoms with van der Waals surface area (Å²) in [4.78, 5) is 35.8. The van der Waals surface area contributed by atoms with Crippen molar-refractivity contribution in [1.29, 1.82) is 0 Å². The van der Waals surface area contributed by atoms with Crippen LogP contribution in [0.25, 0.3) is 11.0 Å². The minimum atomic E-state index is -0.958. The van der Waals surface area contributed by atoms with Gasteiger partial charge in [-0.25, -0.2) is 4.79 Å². The van der Waals surface area contributed by atoms with Crippen LogP contribution in [0, 0.1) is 11.8 Å². The van der Waals surface area contributed by atoms with Gasteiger partial charge in [0.25, 0.3) is 0 Å². The summed E-state index contributed by atoms with van der Waals surface area (Å²) >= 11 is 0. The van der Waals surface area contributed by atoms with E-state index in [1.54, 1.807) is 38.4 Å². The van der Waals surface area contributed by atoms with E-state index in [0.29, 0.717) is 24.0 Å². The van der Waals surface area contributed by atoms with Gasteiger partial charge in [0.05, 0.1) is 22.9 Å². The van der Waals surface area contributed by atoms with Crippen LogP contribution >= 0.6 is 0 Å². The smallest absolute Gasteiger partial charge is 0.328 e. The molecule has 7 nitrogen and oxygen atoms in total. The highest BCUT2D eigenvalue weighted by molar-refractivity contribution is 5.97. The fourth-order valence-electron chi connectivity index (χ4n) is 3.20. The van der Waals surface area contributed by atoms with Crippen molar-refractivity contribution in [3.05, 3.63) is 40.8 Å². The summed E-state index contributed by atoms with van der Waals surface area (Å²) in [5, 5.41) is 12.1. The number of rotatable bonds is 3. The number of anilines is 1. The summed E-state index contributed by atoms with van der Waals surface area (Å²) in [7, 11) is 3.36. The van der Waals surface area contributed by atoms with Crippen molar-refractivity contribution in [2.24, 2.45) is 25.9 Å². The van der Waals surface area contributed by atoms with Crippen molar-refractivity contribution in [2.75, 3.05) is 5.32 Å². The molecule has 0 aliphatic heterocycles. The van der Waals surface area contributed by atoms with E-state index in [1.165, 1.54) is 9.13 Å². The fourth-order valence-corrected chi connectivity index (χ4v) is 3.20. The average Bonchev–Trinajstić information content (AvgIpc) is 2.79. The molecular weight excluding hydrogens is 310 g/mol. The van der Waals surface area contributed by atoms with Crippen LogP contribution in [0.5, 0.6) is 0 Å². The number of carbonyl (C=O) groups is 2. The monoisotopic (exact) mass is 329 g/mol. The standard InChI is InChI=1S/C17H19N3O4/c1-19-13-8-7-10(9-14(13)20(2)17(19)24)18-15(21)11-5-3-4-6-12(11)16(22)23/h3-4,7-9,11-12H,5-6H2,1-2H3,(H,18,21)(H,22,23)/t11-,12-/m1/s1. The number of aryl methyl sites for hydroxylation is 2. The Labute approximate surface area is 138 Å². The van der Waals surface area contributed by atoms with Gasteiger partial charge in [0.15, 0.2) is 0 Å². The van der Waals surface area contributed by atoms with Crippen molar-refractivity contribution in [2.45, 2.75) is 12.8 Å². The number of amides is 1. The molecule has 1 heterocycles. The summed E-state index contributed by atoms with van der Waals surface area (Å²) in [6, 6.07) is 5.21. The van der Waals surface area contributed by atoms with Gasteiger partial charge >= 0.3 is 11.7 Å². The molecule has 2 N–H and O–H groups in total. The number of nitrogens with one attached hydrogen (secondary N) is 1. The highest BCUT2D eigenvalue weighted by atomic mass is 16.4. The van der Waals surface area contributed by atoms with E-state index in [4.69, 9.17) is 0 Å². The minimum absolute atomic E-state index is 0.142. The summed E-state index contributed by atoms with van der Waals surface area (Å²) in [5.41, 5.74) is 1.88. The van der Waals surface area contributed by atoms with Crippen LogP contribution in [-0.4, -0.2) is 26.1 Å². The van der Waals surface area contributed by atoms with E-state index < -0.39 is 17.8 Å². The summed E-state index contributed by atoms with van der Waals surface area (Å²) < 4.78 is 3.04. The molecular formula is C17H19N3O4. The van der Waals surface area contributed by atoms with Crippen molar-refractivity contribution >= 4 is 28.6 Å². The number of imidazole rings is 1. The number of benzene rings is 1. The number of carbonyl (C=O) groups excluding carboxylic acids is 1. The van der Waals surface area contributed by atoms with Crippen molar-refractivity contribution in [3.63, 3.8) is 0 Å². The van der Waals surface area contributed by atoms with Crippen LogP contribution in [0.4, 0.5) is 5.69 Å². The van der Waals surface area contributed by atoms with Gasteiger partial charge in [-0.1, -0.05) is 12.2 Å². The maximum absolute atomic E-state index is 12.5. The predicted molar refractivity (Wildman–Crippen MR) is 89.8 cm³/mol. The molecule has 1 aromatic heterocycles. The predicted octanol–water partition coefficient (Wildman–Crippen LogP) is 1.48. The Hall–Kier alpha value is -2.83. The first-order valence-corrected chi connectivity index (χ1v) is 7.74. The van der Waals surface area contributed by atoms with Crippen molar-refractivity contribution < 1.29 is 14.7 Å². The van der Waals surface area contributed by atoms with Crippen LogP contribution in [0.3, 0.4) is 0 Å². The summed E-state index contributed by atoms with van der Waals surface area (Å²) in [6.07, 6.45) is 4.41. The van der Waals surface area contributed by atoms with Crippen LogP contribution < -0.4 is 11.0 Å². The molecule has 0 saturated heterocycles. The third-order valence-electron chi connectivity index (χ3n) is 4.63. The molecule has 1 aromatic carbocycles. The Morgan fingerprint density at radius 3 is 2.38 bits per heavy atom. The third kappa shape index (κ3) is 2.62. The molecule has 1 aliphatic rings. The Bertz CT molecular complexity index is 906. The van der Waals surface area contributed by atoms with Crippen LogP contribution in [0.15, 0.2) is 35.1 Å². The Morgan fingerprint density at radius 1 is 1.08 bits per heavy atom. The van der Waals surface area contributed by atoms with E-state index in [0.717, 1.165) is 5.52 Å². The highest BCUT2D eigenvalue weighted by Crippen LogP contribution is 2.27. The van der Waals surface area contributed by atoms with Gasteiger partial charge in [-0.2, -0.15) is 0 Å². The maximum Gasteiger partial charge on any atom is 0.328 e. The molecule has 7 heteroatoms. The molecule has 24 heavy (non-hydrogen) atoms. The lowest BCUT2D eigenvalue weighted by Gasteiger charge is -2.24. The number of carboxylic acid groups (broad SMARTS) is 1. The molecule has 0 fully saturated rings. The van der Waals surface area contributed by atoms with Crippen LogP contribution in [0.2, 0.25) is 0 Å². The number of aliphatic carboxylic acids is 1. The molecule has 3 rings (SSSR count). The van der Waals surface area contributed by atoms with Gasteiger partial charge in [0.2, 0.25) is 5.91 Å². The second kappa shape index (κ2) is 5.99. The molecule has 0 unspecified atom stereocenters. The van der Waals surface area contributed by atoms with Gasteiger partial charge in [-0.15, -0.1) is 0 Å². The molecule has 0 saturated carbocycles. The Kier molecular flexibility index (Phi) is 4.01. The van der Waals surface area contributed by atoms with Gasteiger partial charge in [-0.3, -0.25) is 18.7 Å². The zero-order chi connectivity index (χ0) is 17.4. The second-order valence-corrected chi connectivity index (χ2v) is 6.09. The van der Waals surface area contributed by atoms with Crippen molar-refractivity contribution in [1.82, 2.24) is 9.13 Å². The zero-order valence-corrected chi connectivity index (χ0v) is 13.5. The van der Waals surface area contributed by atoms with Crippen molar-refractivity contribution in [3.8, 4) is 0 Å². The number of carboxylic acids is 1. The number of aromatic nitrogens is 2. The van der Waals surface area contributed by atoms with E-state index in [9.17, 15) is 19.5 Å². The van der Waals surface area contributed by atoms with Gasteiger partial charge < -0.3 is 10.4 Å². The zero-order valence-electron chi connectivity index (χ0n) is 13.5. The number of hydrogen-bond donors (Lipinski definition) is 2. The quantitative estimate of drug-likeness (QED) is 0.834. The molecule has 126 valence electrons. The molecule has 0 radical (unpaired) electrons. The first-order chi connectivity index (χ1) is 11.4. The first kappa shape index (κ1) is 16.0. The normalized spacial score (nSPS) is 20.2. The topological polar surface area (TPSA) is 93.3 Å². The third-order valence-corrected chi connectivity index (χ3v) is 4.63. The van der Waals surface area contributed by atoms with Gasteiger partial charge in [-0.05, 0) is 31.0 Å². The number of hydrogen-bond acceptors (Lipinski definition) is 3. The Morgan fingerprint density at radius 2 is 1.71 bits per heavy atom. The lowest BCUT2D eigenvalue weighted by molar-refractivity contribution is -0.146. The number of fused-ring (bicyclic) bond motifs is 1. The Balaban J connectivity index is 1.88.